The van der Waals surface area contributed by atoms with Crippen LogP contribution in [0.25, 0.3) is 0 Å². The molecule has 0 bridgehead atoms. The lowest BCUT2D eigenvalue weighted by atomic mass is 10.0. The summed E-state index contributed by atoms with van der Waals surface area (Å²) in [6.07, 6.45) is 2.59. The summed E-state index contributed by atoms with van der Waals surface area (Å²) in [5, 5.41) is 6.52. The largest absolute Gasteiger partial charge is 0.378 e. The first-order valence-electron chi connectivity index (χ1n) is 8.66. The second-order valence-corrected chi connectivity index (χ2v) is 6.53. The maximum Gasteiger partial charge on any atom is 0.221 e. The van der Waals surface area contributed by atoms with Crippen LogP contribution in [-0.2, 0) is 16.1 Å². The van der Waals surface area contributed by atoms with Crippen LogP contribution in [0.5, 0.6) is 0 Å². The van der Waals surface area contributed by atoms with Crippen LogP contribution in [-0.4, -0.2) is 55.7 Å². The van der Waals surface area contributed by atoms with Crippen LogP contribution in [0, 0.1) is 0 Å². The number of hydrogen-bond donors (Lipinski definition) is 2. The Bertz CT molecular complexity index is 480. The molecule has 2 heterocycles. The van der Waals surface area contributed by atoms with Gasteiger partial charge in [-0.1, -0.05) is 30.3 Å². The molecule has 2 saturated heterocycles. The number of nitrogens with zero attached hydrogens (tertiary/aromatic N) is 1. The number of piperidine rings is 1. The molecule has 0 saturated carbocycles. The number of amides is 1. The van der Waals surface area contributed by atoms with Gasteiger partial charge in [0, 0.05) is 44.7 Å². The summed E-state index contributed by atoms with van der Waals surface area (Å²) in [6, 6.07) is 11.1. The number of benzene rings is 1. The highest BCUT2D eigenvalue weighted by Gasteiger charge is 2.22. The molecule has 0 spiro atoms. The van der Waals surface area contributed by atoms with Crippen molar-refractivity contribution in [3.63, 3.8) is 0 Å². The van der Waals surface area contributed by atoms with Crippen LogP contribution < -0.4 is 10.6 Å². The molecule has 2 aliphatic rings. The summed E-state index contributed by atoms with van der Waals surface area (Å²) >= 11 is 0. The normalized spacial score (nSPS) is 23.6. The molecule has 0 aliphatic carbocycles. The Balaban J connectivity index is 1.36. The van der Waals surface area contributed by atoms with Crippen molar-refractivity contribution in [2.45, 2.75) is 37.9 Å². The van der Waals surface area contributed by atoms with Gasteiger partial charge in [0.2, 0.25) is 5.91 Å². The van der Waals surface area contributed by atoms with E-state index in [4.69, 9.17) is 4.74 Å². The van der Waals surface area contributed by atoms with E-state index in [1.807, 2.05) is 0 Å². The molecule has 1 aromatic carbocycles. The van der Waals surface area contributed by atoms with E-state index < -0.39 is 0 Å². The van der Waals surface area contributed by atoms with Gasteiger partial charge in [0.25, 0.3) is 0 Å². The SMILES string of the molecule is O=C(CC1COCCN1)NC1CCN(Cc2ccccc2)CC1. The lowest BCUT2D eigenvalue weighted by Gasteiger charge is -2.33. The summed E-state index contributed by atoms with van der Waals surface area (Å²) in [7, 11) is 0. The lowest BCUT2D eigenvalue weighted by Crippen LogP contribution is -2.48. The van der Waals surface area contributed by atoms with E-state index in [1.165, 1.54) is 5.56 Å². The van der Waals surface area contributed by atoms with E-state index in [1.54, 1.807) is 0 Å². The summed E-state index contributed by atoms with van der Waals surface area (Å²) in [5.41, 5.74) is 1.36. The van der Waals surface area contributed by atoms with E-state index in [-0.39, 0.29) is 11.9 Å². The number of rotatable bonds is 5. The van der Waals surface area contributed by atoms with Crippen molar-refractivity contribution in [3.8, 4) is 0 Å². The predicted molar refractivity (Wildman–Crippen MR) is 90.1 cm³/mol. The number of nitrogens with one attached hydrogen (secondary N) is 2. The van der Waals surface area contributed by atoms with E-state index >= 15 is 0 Å². The van der Waals surface area contributed by atoms with Crippen molar-refractivity contribution in [1.29, 1.82) is 0 Å². The minimum atomic E-state index is 0.148. The number of carbonyl (C=O) groups excluding carboxylic acids is 1. The standard InChI is InChI=1S/C18H27N3O2/c22-18(12-17-14-23-11-8-19-17)20-16-6-9-21(10-7-16)13-15-4-2-1-3-5-15/h1-5,16-17,19H,6-14H2,(H,20,22). The average Bonchev–Trinajstić information content (AvgIpc) is 2.58. The van der Waals surface area contributed by atoms with Gasteiger partial charge in [-0.2, -0.15) is 0 Å². The molecular formula is C18H27N3O2. The van der Waals surface area contributed by atoms with Crippen LogP contribution in [0.1, 0.15) is 24.8 Å². The van der Waals surface area contributed by atoms with Gasteiger partial charge in [-0.25, -0.2) is 0 Å². The van der Waals surface area contributed by atoms with Gasteiger partial charge in [0.1, 0.15) is 0 Å². The molecule has 2 fully saturated rings. The van der Waals surface area contributed by atoms with E-state index in [9.17, 15) is 4.79 Å². The third-order valence-electron chi connectivity index (χ3n) is 4.63. The minimum Gasteiger partial charge on any atom is -0.378 e. The van der Waals surface area contributed by atoms with E-state index in [0.717, 1.165) is 45.6 Å². The highest BCUT2D eigenvalue weighted by atomic mass is 16.5. The summed E-state index contributed by atoms with van der Waals surface area (Å²) in [4.78, 5) is 14.6. The number of ether oxygens (including phenoxy) is 1. The predicted octanol–water partition coefficient (Wildman–Crippen LogP) is 1.15. The number of hydrogen-bond acceptors (Lipinski definition) is 4. The molecule has 0 aromatic heterocycles. The molecule has 23 heavy (non-hydrogen) atoms. The molecule has 1 atom stereocenters. The maximum absolute atomic E-state index is 12.1. The lowest BCUT2D eigenvalue weighted by molar-refractivity contribution is -0.123. The number of likely N-dealkylation sites (tertiary alicyclic amines) is 1. The van der Waals surface area contributed by atoms with Crippen LogP contribution in [0.3, 0.4) is 0 Å². The van der Waals surface area contributed by atoms with Crippen LogP contribution in [0.2, 0.25) is 0 Å². The zero-order valence-corrected chi connectivity index (χ0v) is 13.7. The second kappa shape index (κ2) is 8.43. The van der Waals surface area contributed by atoms with Gasteiger partial charge >= 0.3 is 0 Å². The van der Waals surface area contributed by atoms with Crippen molar-refractivity contribution < 1.29 is 9.53 Å². The van der Waals surface area contributed by atoms with Crippen molar-refractivity contribution in [3.05, 3.63) is 35.9 Å². The highest BCUT2D eigenvalue weighted by Crippen LogP contribution is 2.14. The van der Waals surface area contributed by atoms with Crippen molar-refractivity contribution >= 4 is 5.91 Å². The van der Waals surface area contributed by atoms with Gasteiger partial charge in [0.15, 0.2) is 0 Å². The first-order valence-corrected chi connectivity index (χ1v) is 8.66. The van der Waals surface area contributed by atoms with E-state index in [0.29, 0.717) is 19.1 Å². The zero-order chi connectivity index (χ0) is 15.9. The monoisotopic (exact) mass is 317 g/mol. The van der Waals surface area contributed by atoms with E-state index in [2.05, 4.69) is 45.9 Å². The van der Waals surface area contributed by atoms with Crippen molar-refractivity contribution in [2.24, 2.45) is 0 Å². The maximum atomic E-state index is 12.1. The quantitative estimate of drug-likeness (QED) is 0.855. The Morgan fingerprint density at radius 2 is 2.04 bits per heavy atom. The smallest absolute Gasteiger partial charge is 0.221 e. The third-order valence-corrected chi connectivity index (χ3v) is 4.63. The topological polar surface area (TPSA) is 53.6 Å². The van der Waals surface area contributed by atoms with Crippen molar-refractivity contribution in [2.75, 3.05) is 32.8 Å². The number of morpholine rings is 1. The van der Waals surface area contributed by atoms with Gasteiger partial charge in [-0.3, -0.25) is 9.69 Å². The minimum absolute atomic E-state index is 0.148. The van der Waals surface area contributed by atoms with Crippen LogP contribution >= 0.6 is 0 Å². The van der Waals surface area contributed by atoms with Crippen molar-refractivity contribution in [1.82, 2.24) is 15.5 Å². The molecule has 126 valence electrons. The third kappa shape index (κ3) is 5.30. The molecule has 2 aliphatic heterocycles. The summed E-state index contributed by atoms with van der Waals surface area (Å²) in [5.74, 6) is 0.148. The van der Waals surface area contributed by atoms with Gasteiger partial charge in [-0.15, -0.1) is 0 Å². The number of carbonyl (C=O) groups is 1. The molecule has 0 radical (unpaired) electrons. The zero-order valence-electron chi connectivity index (χ0n) is 13.7. The fourth-order valence-corrected chi connectivity index (χ4v) is 3.34. The fraction of sp³-hybridized carbons (Fsp3) is 0.611. The second-order valence-electron chi connectivity index (χ2n) is 6.53. The molecule has 5 nitrogen and oxygen atoms in total. The summed E-state index contributed by atoms with van der Waals surface area (Å²) in [6.45, 7) is 5.33. The van der Waals surface area contributed by atoms with Crippen LogP contribution in [0.4, 0.5) is 0 Å². The van der Waals surface area contributed by atoms with Gasteiger partial charge in [-0.05, 0) is 18.4 Å². The average molecular weight is 317 g/mol. The molecular weight excluding hydrogens is 290 g/mol. The Labute approximate surface area is 138 Å². The molecule has 1 amide bonds. The van der Waals surface area contributed by atoms with Gasteiger partial charge < -0.3 is 15.4 Å². The van der Waals surface area contributed by atoms with Gasteiger partial charge in [0.05, 0.1) is 13.2 Å². The first-order chi connectivity index (χ1) is 11.3. The molecule has 2 N–H and O–H groups in total. The molecule has 5 heteroatoms. The Hall–Kier alpha value is -1.43. The Morgan fingerprint density at radius 3 is 2.74 bits per heavy atom. The molecule has 1 aromatic rings. The molecule has 1 unspecified atom stereocenters. The fourth-order valence-electron chi connectivity index (χ4n) is 3.34. The summed E-state index contributed by atoms with van der Waals surface area (Å²) < 4.78 is 5.39. The van der Waals surface area contributed by atoms with Crippen LogP contribution in [0.15, 0.2) is 30.3 Å². The Kier molecular flexibility index (Phi) is 6.02. The molecule has 3 rings (SSSR count). The highest BCUT2D eigenvalue weighted by molar-refractivity contribution is 5.76. The first kappa shape index (κ1) is 16.4. The Morgan fingerprint density at radius 1 is 1.26 bits per heavy atom.